The second-order valence-corrected chi connectivity index (χ2v) is 3.72. The molecule has 0 aromatic carbocycles. The lowest BCUT2D eigenvalue weighted by atomic mass is 10.1. The molecule has 2 rings (SSSR count). The number of β-amino-alcohol motifs (C(OH)–C–C–N with tert-alkyl or cyclic N) is 1. The summed E-state index contributed by atoms with van der Waals surface area (Å²) in [6, 6.07) is 0. The van der Waals surface area contributed by atoms with Gasteiger partial charge in [-0.3, -0.25) is 0 Å². The fraction of sp³-hybridized carbons (Fsp3) is 0.714. The van der Waals surface area contributed by atoms with Crippen molar-refractivity contribution < 1.29 is 5.11 Å². The van der Waals surface area contributed by atoms with Gasteiger partial charge < -0.3 is 10.0 Å². The summed E-state index contributed by atoms with van der Waals surface area (Å²) in [5.74, 6) is 0. The highest BCUT2D eigenvalue weighted by molar-refractivity contribution is 7.09. The lowest BCUT2D eigenvalue weighted by Gasteiger charge is -2.29. The third-order valence-corrected chi connectivity index (χ3v) is 2.74. The molecule has 0 saturated carbocycles. The number of rotatable bonds is 1. The molecule has 0 spiro atoms. The molecule has 0 bridgehead atoms. The molecule has 0 amide bonds. The first-order chi connectivity index (χ1) is 5.86. The van der Waals surface area contributed by atoms with Crippen molar-refractivity contribution in [3.8, 4) is 0 Å². The van der Waals surface area contributed by atoms with E-state index in [0.29, 0.717) is 6.54 Å². The molecule has 5 heteroatoms. The van der Waals surface area contributed by atoms with Gasteiger partial charge in [-0.1, -0.05) is 0 Å². The van der Waals surface area contributed by atoms with E-state index in [0.717, 1.165) is 24.5 Å². The minimum absolute atomic E-state index is 0.192. The molecule has 1 aliphatic heterocycles. The molecule has 66 valence electrons. The molecule has 1 fully saturated rings. The first-order valence-electron chi connectivity index (χ1n) is 4.06. The molecule has 0 aliphatic carbocycles. The molecule has 2 heterocycles. The second kappa shape index (κ2) is 3.37. The summed E-state index contributed by atoms with van der Waals surface area (Å²) in [6.45, 7) is 1.70. The highest BCUT2D eigenvalue weighted by Crippen LogP contribution is 2.19. The summed E-state index contributed by atoms with van der Waals surface area (Å²) in [5.41, 5.74) is 0. The Morgan fingerprint density at radius 3 is 3.25 bits per heavy atom. The first kappa shape index (κ1) is 7.94. The minimum Gasteiger partial charge on any atom is -0.391 e. The summed E-state index contributed by atoms with van der Waals surface area (Å²) >= 11 is 1.39. The maximum Gasteiger partial charge on any atom is 0.205 e. The molecule has 1 aliphatic rings. The number of hydrogen-bond acceptors (Lipinski definition) is 5. The fourth-order valence-electron chi connectivity index (χ4n) is 1.44. The van der Waals surface area contributed by atoms with E-state index in [4.69, 9.17) is 0 Å². The van der Waals surface area contributed by atoms with Gasteiger partial charge in [0.25, 0.3) is 0 Å². The van der Waals surface area contributed by atoms with Gasteiger partial charge in [-0.2, -0.15) is 4.37 Å². The van der Waals surface area contributed by atoms with Crippen LogP contribution >= 0.6 is 11.5 Å². The van der Waals surface area contributed by atoms with Crippen LogP contribution in [0.15, 0.2) is 6.33 Å². The summed E-state index contributed by atoms with van der Waals surface area (Å²) in [5, 5.41) is 10.3. The van der Waals surface area contributed by atoms with Crippen LogP contribution < -0.4 is 4.90 Å². The van der Waals surface area contributed by atoms with Crippen LogP contribution in [0, 0.1) is 0 Å². The Labute approximate surface area is 75.0 Å². The van der Waals surface area contributed by atoms with Crippen LogP contribution in [0.5, 0.6) is 0 Å². The average molecular weight is 185 g/mol. The zero-order chi connectivity index (χ0) is 8.39. The summed E-state index contributed by atoms with van der Waals surface area (Å²) in [7, 11) is 0. The van der Waals surface area contributed by atoms with Gasteiger partial charge in [0.15, 0.2) is 0 Å². The third-order valence-electron chi connectivity index (χ3n) is 2.02. The van der Waals surface area contributed by atoms with E-state index in [2.05, 4.69) is 14.3 Å². The van der Waals surface area contributed by atoms with Crippen LogP contribution in [0.1, 0.15) is 12.8 Å². The predicted molar refractivity (Wildman–Crippen MR) is 47.4 cm³/mol. The highest BCUT2D eigenvalue weighted by atomic mass is 32.1. The largest absolute Gasteiger partial charge is 0.391 e. The zero-order valence-corrected chi connectivity index (χ0v) is 7.50. The predicted octanol–water partition coefficient (Wildman–Crippen LogP) is 0.499. The van der Waals surface area contributed by atoms with Crippen LogP contribution in [-0.2, 0) is 0 Å². The van der Waals surface area contributed by atoms with Crippen molar-refractivity contribution in [3.63, 3.8) is 0 Å². The first-order valence-corrected chi connectivity index (χ1v) is 4.83. The Morgan fingerprint density at radius 1 is 1.67 bits per heavy atom. The van der Waals surface area contributed by atoms with E-state index in [1.54, 1.807) is 6.33 Å². The maximum absolute atomic E-state index is 9.39. The molecule has 12 heavy (non-hydrogen) atoms. The van der Waals surface area contributed by atoms with Gasteiger partial charge in [-0.25, -0.2) is 4.98 Å². The normalized spacial score (nSPS) is 24.4. The van der Waals surface area contributed by atoms with Crippen molar-refractivity contribution in [1.29, 1.82) is 0 Å². The molecule has 1 aromatic heterocycles. The summed E-state index contributed by atoms with van der Waals surface area (Å²) in [6.07, 6.45) is 3.32. The van der Waals surface area contributed by atoms with Gasteiger partial charge in [0.05, 0.1) is 6.10 Å². The number of anilines is 1. The number of hydrogen-bond donors (Lipinski definition) is 1. The topological polar surface area (TPSA) is 49.2 Å². The van der Waals surface area contributed by atoms with E-state index in [9.17, 15) is 5.11 Å². The van der Waals surface area contributed by atoms with Crippen LogP contribution in [0.4, 0.5) is 5.13 Å². The molecule has 1 aromatic rings. The molecule has 1 atom stereocenters. The van der Waals surface area contributed by atoms with E-state index in [1.807, 2.05) is 0 Å². The van der Waals surface area contributed by atoms with Crippen molar-refractivity contribution in [2.45, 2.75) is 18.9 Å². The SMILES string of the molecule is OC1CCCN(c2ncns2)C1. The van der Waals surface area contributed by atoms with Crippen molar-refractivity contribution in [2.75, 3.05) is 18.0 Å². The van der Waals surface area contributed by atoms with Crippen LogP contribution in [0.3, 0.4) is 0 Å². The van der Waals surface area contributed by atoms with E-state index >= 15 is 0 Å². The number of aromatic nitrogens is 2. The van der Waals surface area contributed by atoms with Gasteiger partial charge in [0.2, 0.25) is 5.13 Å². The molecule has 1 saturated heterocycles. The van der Waals surface area contributed by atoms with Crippen molar-refractivity contribution in [3.05, 3.63) is 6.33 Å². The monoisotopic (exact) mass is 185 g/mol. The number of nitrogens with zero attached hydrogens (tertiary/aromatic N) is 3. The Kier molecular flexibility index (Phi) is 2.23. The maximum atomic E-state index is 9.39. The number of piperidine rings is 1. The molecular weight excluding hydrogens is 174 g/mol. The summed E-state index contributed by atoms with van der Waals surface area (Å²) < 4.78 is 3.93. The number of aliphatic hydroxyl groups excluding tert-OH is 1. The van der Waals surface area contributed by atoms with Gasteiger partial charge in [0.1, 0.15) is 6.33 Å². The Hall–Kier alpha value is -0.680. The Balaban J connectivity index is 2.04. The molecule has 1 unspecified atom stereocenters. The summed E-state index contributed by atoms with van der Waals surface area (Å²) in [4.78, 5) is 6.19. The van der Waals surface area contributed by atoms with Crippen LogP contribution in [-0.4, -0.2) is 33.7 Å². The Morgan fingerprint density at radius 2 is 2.58 bits per heavy atom. The van der Waals surface area contributed by atoms with E-state index in [-0.39, 0.29) is 6.10 Å². The molecular formula is C7H11N3OS. The smallest absolute Gasteiger partial charge is 0.205 e. The lowest BCUT2D eigenvalue weighted by Crippen LogP contribution is -2.38. The average Bonchev–Trinajstić information content (AvgIpc) is 2.56. The van der Waals surface area contributed by atoms with Gasteiger partial charge in [0, 0.05) is 24.6 Å². The Bertz CT molecular complexity index is 239. The highest BCUT2D eigenvalue weighted by Gasteiger charge is 2.19. The zero-order valence-electron chi connectivity index (χ0n) is 6.68. The molecule has 4 nitrogen and oxygen atoms in total. The van der Waals surface area contributed by atoms with E-state index in [1.165, 1.54) is 11.5 Å². The second-order valence-electron chi connectivity index (χ2n) is 2.97. The van der Waals surface area contributed by atoms with E-state index < -0.39 is 0 Å². The van der Waals surface area contributed by atoms with Crippen molar-refractivity contribution >= 4 is 16.7 Å². The van der Waals surface area contributed by atoms with Gasteiger partial charge >= 0.3 is 0 Å². The van der Waals surface area contributed by atoms with Crippen molar-refractivity contribution in [2.24, 2.45) is 0 Å². The van der Waals surface area contributed by atoms with Gasteiger partial charge in [-0.15, -0.1) is 0 Å². The number of aliphatic hydroxyl groups is 1. The van der Waals surface area contributed by atoms with Crippen LogP contribution in [0.2, 0.25) is 0 Å². The lowest BCUT2D eigenvalue weighted by molar-refractivity contribution is 0.154. The quantitative estimate of drug-likeness (QED) is 0.692. The van der Waals surface area contributed by atoms with Gasteiger partial charge in [-0.05, 0) is 12.8 Å². The molecule has 0 radical (unpaired) electrons. The third kappa shape index (κ3) is 1.56. The fourth-order valence-corrected chi connectivity index (χ4v) is 2.00. The van der Waals surface area contributed by atoms with Crippen LogP contribution in [0.25, 0.3) is 0 Å². The van der Waals surface area contributed by atoms with Crippen molar-refractivity contribution in [1.82, 2.24) is 9.36 Å². The standard InChI is InChI=1S/C7H11N3OS/c11-6-2-1-3-10(4-6)7-8-5-9-12-7/h5-6,11H,1-4H2. The molecule has 1 N–H and O–H groups in total. The minimum atomic E-state index is -0.192.